The van der Waals surface area contributed by atoms with Crippen LogP contribution in [0.3, 0.4) is 0 Å². The maximum Gasteiger partial charge on any atom is 0.121 e. The van der Waals surface area contributed by atoms with Crippen LogP contribution in [0.5, 0.6) is 5.75 Å². The molecule has 3 rings (SSSR count). The van der Waals surface area contributed by atoms with E-state index in [-0.39, 0.29) is 6.10 Å². The van der Waals surface area contributed by atoms with Crippen molar-refractivity contribution in [3.63, 3.8) is 0 Å². The van der Waals surface area contributed by atoms with E-state index in [9.17, 15) is 0 Å². The molecule has 1 fully saturated rings. The lowest BCUT2D eigenvalue weighted by atomic mass is 10.2. The number of ether oxygens (including phenoxy) is 2. The molecule has 0 bridgehead atoms. The Balaban J connectivity index is 2.12. The van der Waals surface area contributed by atoms with Gasteiger partial charge in [-0.2, -0.15) is 0 Å². The minimum Gasteiger partial charge on any atom is -0.497 e. The molecule has 0 amide bonds. The number of epoxide rings is 1. The van der Waals surface area contributed by atoms with Crippen LogP contribution >= 0.6 is 0 Å². The molecule has 14 heavy (non-hydrogen) atoms. The fourth-order valence-electron chi connectivity index (χ4n) is 1.66. The van der Waals surface area contributed by atoms with Gasteiger partial charge in [0.15, 0.2) is 0 Å². The highest BCUT2D eigenvalue weighted by molar-refractivity contribution is 5.82. The first-order valence-electron chi connectivity index (χ1n) is 4.65. The van der Waals surface area contributed by atoms with Crippen molar-refractivity contribution >= 4 is 10.9 Å². The van der Waals surface area contributed by atoms with Gasteiger partial charge < -0.3 is 14.5 Å². The topological polar surface area (TPSA) is 37.5 Å². The number of hydrogen-bond donors (Lipinski definition) is 1. The van der Waals surface area contributed by atoms with E-state index >= 15 is 0 Å². The van der Waals surface area contributed by atoms with Gasteiger partial charge >= 0.3 is 0 Å². The van der Waals surface area contributed by atoms with Crippen molar-refractivity contribution in [3.8, 4) is 5.75 Å². The Kier molecular flexibility index (Phi) is 1.55. The summed E-state index contributed by atoms with van der Waals surface area (Å²) in [6, 6.07) is 8.15. The summed E-state index contributed by atoms with van der Waals surface area (Å²) in [5.41, 5.74) is 2.27. The van der Waals surface area contributed by atoms with Crippen molar-refractivity contribution < 1.29 is 9.47 Å². The number of hydrogen-bond acceptors (Lipinski definition) is 2. The van der Waals surface area contributed by atoms with Gasteiger partial charge in [0, 0.05) is 22.7 Å². The molecule has 0 spiro atoms. The van der Waals surface area contributed by atoms with Crippen molar-refractivity contribution in [1.29, 1.82) is 0 Å². The number of fused-ring (bicyclic) bond motifs is 1. The van der Waals surface area contributed by atoms with Crippen molar-refractivity contribution in [3.05, 3.63) is 30.0 Å². The van der Waals surface area contributed by atoms with E-state index in [0.29, 0.717) is 0 Å². The van der Waals surface area contributed by atoms with Crippen molar-refractivity contribution in [1.82, 2.24) is 4.98 Å². The van der Waals surface area contributed by atoms with Gasteiger partial charge in [-0.3, -0.25) is 0 Å². The SMILES string of the molecule is COc1ccc2cc([C@@H]3CO3)[nH]c2c1. The number of rotatable bonds is 2. The monoisotopic (exact) mass is 189 g/mol. The maximum atomic E-state index is 5.22. The largest absolute Gasteiger partial charge is 0.497 e. The molecule has 1 aliphatic rings. The number of methoxy groups -OCH3 is 1. The Morgan fingerprint density at radius 2 is 2.29 bits per heavy atom. The highest BCUT2D eigenvalue weighted by Gasteiger charge is 2.26. The average Bonchev–Trinajstić information content (AvgIpc) is 2.97. The molecule has 3 nitrogen and oxygen atoms in total. The molecule has 0 saturated carbocycles. The smallest absolute Gasteiger partial charge is 0.121 e. The Morgan fingerprint density at radius 1 is 1.43 bits per heavy atom. The number of aromatic amines is 1. The number of aromatic nitrogens is 1. The molecule has 3 heteroatoms. The highest BCUT2D eigenvalue weighted by Crippen LogP contribution is 2.32. The second-order valence-electron chi connectivity index (χ2n) is 3.50. The number of nitrogens with one attached hydrogen (secondary N) is 1. The second kappa shape index (κ2) is 2.75. The molecule has 2 aromatic rings. The Labute approximate surface area is 81.6 Å². The molecular weight excluding hydrogens is 178 g/mol. The van der Waals surface area contributed by atoms with E-state index in [1.165, 1.54) is 5.39 Å². The predicted molar refractivity (Wildman–Crippen MR) is 53.5 cm³/mol. The van der Waals surface area contributed by atoms with Crippen molar-refractivity contribution in [2.24, 2.45) is 0 Å². The fraction of sp³-hybridized carbons (Fsp3) is 0.273. The van der Waals surface area contributed by atoms with Gasteiger partial charge in [0.05, 0.1) is 13.7 Å². The zero-order chi connectivity index (χ0) is 9.54. The van der Waals surface area contributed by atoms with E-state index in [1.54, 1.807) is 7.11 Å². The summed E-state index contributed by atoms with van der Waals surface area (Å²) in [6.45, 7) is 0.837. The molecular formula is C11H11NO2. The molecule has 0 aliphatic carbocycles. The fourth-order valence-corrected chi connectivity index (χ4v) is 1.66. The summed E-state index contributed by atoms with van der Waals surface area (Å²) in [4.78, 5) is 3.33. The molecule has 1 N–H and O–H groups in total. The van der Waals surface area contributed by atoms with Crippen molar-refractivity contribution in [2.45, 2.75) is 6.10 Å². The predicted octanol–water partition coefficient (Wildman–Crippen LogP) is 2.25. The molecule has 1 aromatic carbocycles. The number of benzene rings is 1. The van der Waals surface area contributed by atoms with Gasteiger partial charge in [-0.25, -0.2) is 0 Å². The van der Waals surface area contributed by atoms with Crippen LogP contribution in [0.15, 0.2) is 24.3 Å². The summed E-state index contributed by atoms with van der Waals surface area (Å²) < 4.78 is 10.4. The van der Waals surface area contributed by atoms with E-state index < -0.39 is 0 Å². The zero-order valence-corrected chi connectivity index (χ0v) is 7.91. The number of H-pyrrole nitrogens is 1. The van der Waals surface area contributed by atoms with E-state index in [1.807, 2.05) is 12.1 Å². The standard InChI is InChI=1S/C11H11NO2/c1-13-8-3-2-7-4-10(11-6-14-11)12-9(7)5-8/h2-5,11-12H,6H2,1H3/t11-/m0/s1. The first-order valence-corrected chi connectivity index (χ1v) is 4.65. The summed E-state index contributed by atoms with van der Waals surface area (Å²) >= 11 is 0. The first-order chi connectivity index (χ1) is 6.86. The van der Waals surface area contributed by atoms with Crippen LogP contribution in [0.2, 0.25) is 0 Å². The maximum absolute atomic E-state index is 5.22. The lowest BCUT2D eigenvalue weighted by Crippen LogP contribution is -1.81. The Hall–Kier alpha value is -1.48. The minimum atomic E-state index is 0.286. The molecule has 1 saturated heterocycles. The third-order valence-electron chi connectivity index (χ3n) is 2.53. The van der Waals surface area contributed by atoms with Crippen LogP contribution in [-0.4, -0.2) is 18.7 Å². The van der Waals surface area contributed by atoms with Gasteiger partial charge in [-0.15, -0.1) is 0 Å². The van der Waals surface area contributed by atoms with Crippen LogP contribution < -0.4 is 4.74 Å². The molecule has 1 atom stereocenters. The van der Waals surface area contributed by atoms with Crippen LogP contribution in [0.25, 0.3) is 10.9 Å². The summed E-state index contributed by atoms with van der Waals surface area (Å²) in [6.07, 6.45) is 0.286. The molecule has 0 radical (unpaired) electrons. The molecule has 72 valence electrons. The summed E-state index contributed by atoms with van der Waals surface area (Å²) in [7, 11) is 1.68. The van der Waals surface area contributed by atoms with Gasteiger partial charge in [0.25, 0.3) is 0 Å². The quantitative estimate of drug-likeness (QED) is 0.736. The third-order valence-corrected chi connectivity index (χ3v) is 2.53. The third kappa shape index (κ3) is 1.17. The van der Waals surface area contributed by atoms with Gasteiger partial charge in [0.1, 0.15) is 11.9 Å². The lowest BCUT2D eigenvalue weighted by molar-refractivity contribution is 0.412. The van der Waals surface area contributed by atoms with Gasteiger partial charge in [0.2, 0.25) is 0 Å². The van der Waals surface area contributed by atoms with Crippen molar-refractivity contribution in [2.75, 3.05) is 13.7 Å². The Morgan fingerprint density at radius 3 is 3.00 bits per heavy atom. The van der Waals surface area contributed by atoms with Gasteiger partial charge in [-0.05, 0) is 18.2 Å². The van der Waals surface area contributed by atoms with Crippen LogP contribution in [0.1, 0.15) is 11.8 Å². The zero-order valence-electron chi connectivity index (χ0n) is 7.91. The molecule has 1 aromatic heterocycles. The van der Waals surface area contributed by atoms with Crippen LogP contribution in [-0.2, 0) is 4.74 Å². The van der Waals surface area contributed by atoms with E-state index in [0.717, 1.165) is 23.6 Å². The molecule has 2 heterocycles. The lowest BCUT2D eigenvalue weighted by Gasteiger charge is -1.97. The first kappa shape index (κ1) is 7.88. The minimum absolute atomic E-state index is 0.286. The summed E-state index contributed by atoms with van der Waals surface area (Å²) in [5.74, 6) is 0.877. The molecule has 1 aliphatic heterocycles. The average molecular weight is 189 g/mol. The normalized spacial score (nSPS) is 19.9. The summed E-state index contributed by atoms with van der Waals surface area (Å²) in [5, 5.41) is 1.20. The second-order valence-corrected chi connectivity index (χ2v) is 3.50. The van der Waals surface area contributed by atoms with E-state index in [4.69, 9.17) is 9.47 Å². The van der Waals surface area contributed by atoms with Crippen LogP contribution in [0, 0.1) is 0 Å². The molecule has 0 unspecified atom stereocenters. The van der Waals surface area contributed by atoms with Crippen LogP contribution in [0.4, 0.5) is 0 Å². The Bertz CT molecular complexity index is 471. The highest BCUT2D eigenvalue weighted by atomic mass is 16.6. The van der Waals surface area contributed by atoms with E-state index in [2.05, 4.69) is 17.1 Å². The van der Waals surface area contributed by atoms with Gasteiger partial charge in [-0.1, -0.05) is 0 Å².